The van der Waals surface area contributed by atoms with Gasteiger partial charge in [0.15, 0.2) is 0 Å². The molecule has 0 atom stereocenters. The lowest BCUT2D eigenvalue weighted by Crippen LogP contribution is -1.98. The van der Waals surface area contributed by atoms with Gasteiger partial charge in [-0.1, -0.05) is 30.3 Å². The lowest BCUT2D eigenvalue weighted by Gasteiger charge is -2.08. The highest BCUT2D eigenvalue weighted by molar-refractivity contribution is 14.1. The van der Waals surface area contributed by atoms with E-state index in [1.54, 1.807) is 19.3 Å². The third-order valence-electron chi connectivity index (χ3n) is 3.34. The van der Waals surface area contributed by atoms with Crippen LogP contribution in [0.1, 0.15) is 11.1 Å². The summed E-state index contributed by atoms with van der Waals surface area (Å²) in [6, 6.07) is 13.6. The molecule has 2 aromatic rings. The molecule has 0 radical (unpaired) electrons. The predicted octanol–water partition coefficient (Wildman–Crippen LogP) is 4.89. The van der Waals surface area contributed by atoms with Crippen LogP contribution in [-0.2, 0) is 9.53 Å². The molecular formula is C18H12I2O3. The maximum Gasteiger partial charge on any atom is 0.343 e. The van der Waals surface area contributed by atoms with Crippen LogP contribution in [0.4, 0.5) is 0 Å². The van der Waals surface area contributed by atoms with E-state index < -0.39 is 0 Å². The van der Waals surface area contributed by atoms with Crippen LogP contribution in [-0.4, -0.2) is 13.1 Å². The van der Waals surface area contributed by atoms with Gasteiger partial charge in [0.2, 0.25) is 0 Å². The molecule has 0 bridgehead atoms. The van der Waals surface area contributed by atoms with Gasteiger partial charge in [0.05, 0.1) is 16.3 Å². The number of ether oxygens (including phenoxy) is 2. The van der Waals surface area contributed by atoms with Crippen molar-refractivity contribution in [1.82, 2.24) is 0 Å². The highest BCUT2D eigenvalue weighted by atomic mass is 127. The molecule has 3 rings (SSSR count). The Labute approximate surface area is 161 Å². The molecule has 0 unspecified atom stereocenters. The summed E-state index contributed by atoms with van der Waals surface area (Å²) < 4.78 is 12.9. The molecular weight excluding hydrogens is 518 g/mol. The van der Waals surface area contributed by atoms with Crippen LogP contribution in [0.15, 0.2) is 54.1 Å². The van der Waals surface area contributed by atoms with Crippen molar-refractivity contribution in [3.8, 4) is 5.75 Å². The van der Waals surface area contributed by atoms with E-state index in [0.717, 1.165) is 24.0 Å². The van der Waals surface area contributed by atoms with Gasteiger partial charge >= 0.3 is 5.97 Å². The van der Waals surface area contributed by atoms with E-state index in [-0.39, 0.29) is 5.97 Å². The Morgan fingerprint density at radius 1 is 1.13 bits per heavy atom. The molecule has 1 heterocycles. The SMILES string of the molecule is COc1c(I)cc(I)cc1/C=C1\C=C(c2ccccc2)OC1=O. The number of methoxy groups -OCH3 is 1. The number of benzene rings is 2. The maximum absolute atomic E-state index is 12.1. The first-order valence-corrected chi connectivity index (χ1v) is 8.98. The monoisotopic (exact) mass is 530 g/mol. The topological polar surface area (TPSA) is 35.5 Å². The van der Waals surface area contributed by atoms with Gasteiger partial charge < -0.3 is 9.47 Å². The van der Waals surface area contributed by atoms with Crippen molar-refractivity contribution >= 4 is 63.0 Å². The summed E-state index contributed by atoms with van der Waals surface area (Å²) in [4.78, 5) is 12.1. The number of hydrogen-bond acceptors (Lipinski definition) is 3. The highest BCUT2D eigenvalue weighted by Crippen LogP contribution is 2.32. The normalized spacial score (nSPS) is 15.5. The minimum atomic E-state index is -0.347. The summed E-state index contributed by atoms with van der Waals surface area (Å²) in [5, 5.41) is 0. The maximum atomic E-state index is 12.1. The molecule has 0 saturated carbocycles. The quantitative estimate of drug-likeness (QED) is 0.323. The molecule has 0 N–H and O–H groups in total. The zero-order valence-corrected chi connectivity index (χ0v) is 16.5. The van der Waals surface area contributed by atoms with E-state index in [1.807, 2.05) is 42.5 Å². The van der Waals surface area contributed by atoms with Crippen molar-refractivity contribution in [3.05, 3.63) is 72.4 Å². The van der Waals surface area contributed by atoms with Crippen LogP contribution >= 0.6 is 45.2 Å². The van der Waals surface area contributed by atoms with Crippen molar-refractivity contribution in [2.24, 2.45) is 0 Å². The van der Waals surface area contributed by atoms with Crippen molar-refractivity contribution in [3.63, 3.8) is 0 Å². The second-order valence-corrected chi connectivity index (χ2v) is 7.28. The van der Waals surface area contributed by atoms with Gasteiger partial charge in [-0.05, 0) is 69.5 Å². The van der Waals surface area contributed by atoms with Crippen LogP contribution < -0.4 is 4.74 Å². The number of rotatable bonds is 3. The second kappa shape index (κ2) is 7.04. The minimum absolute atomic E-state index is 0.347. The summed E-state index contributed by atoms with van der Waals surface area (Å²) >= 11 is 4.47. The number of halogens is 2. The molecule has 0 amide bonds. The van der Waals surface area contributed by atoms with E-state index in [9.17, 15) is 4.79 Å². The Balaban J connectivity index is 2.03. The van der Waals surface area contributed by atoms with Gasteiger partial charge in [0.25, 0.3) is 0 Å². The lowest BCUT2D eigenvalue weighted by atomic mass is 10.1. The van der Waals surface area contributed by atoms with E-state index in [4.69, 9.17) is 9.47 Å². The molecule has 0 saturated heterocycles. The average molecular weight is 530 g/mol. The Hall–Kier alpha value is -1.35. The molecule has 23 heavy (non-hydrogen) atoms. The Morgan fingerprint density at radius 2 is 1.87 bits per heavy atom. The summed E-state index contributed by atoms with van der Waals surface area (Å²) in [5.41, 5.74) is 2.26. The Kier molecular flexibility index (Phi) is 5.05. The summed E-state index contributed by atoms with van der Waals surface area (Å²) in [7, 11) is 1.63. The van der Waals surface area contributed by atoms with Gasteiger partial charge in [-0.3, -0.25) is 0 Å². The second-order valence-electron chi connectivity index (χ2n) is 4.87. The van der Waals surface area contributed by atoms with Crippen molar-refractivity contribution in [1.29, 1.82) is 0 Å². The molecule has 5 heteroatoms. The molecule has 3 nitrogen and oxygen atoms in total. The van der Waals surface area contributed by atoms with Gasteiger partial charge in [-0.2, -0.15) is 0 Å². The molecule has 0 aromatic heterocycles. The van der Waals surface area contributed by atoms with Crippen molar-refractivity contribution in [2.45, 2.75) is 0 Å². The lowest BCUT2D eigenvalue weighted by molar-refractivity contribution is -0.130. The first kappa shape index (κ1) is 16.5. The molecule has 1 aliphatic rings. The standard InChI is InChI=1S/C18H12I2O3/c1-22-17-12(8-14(19)10-15(17)20)7-13-9-16(23-18(13)21)11-5-3-2-4-6-11/h2-10H,1H3/b13-7+. The number of carbonyl (C=O) groups excluding carboxylic acids is 1. The Morgan fingerprint density at radius 3 is 2.57 bits per heavy atom. The van der Waals surface area contributed by atoms with Gasteiger partial charge in [0, 0.05) is 14.7 Å². The van der Waals surface area contributed by atoms with Gasteiger partial charge in [-0.25, -0.2) is 4.79 Å². The smallest absolute Gasteiger partial charge is 0.343 e. The summed E-state index contributed by atoms with van der Waals surface area (Å²) in [5.74, 6) is 0.980. The first-order chi connectivity index (χ1) is 11.1. The number of cyclic esters (lactones) is 1. The summed E-state index contributed by atoms with van der Waals surface area (Å²) in [6.07, 6.45) is 3.57. The van der Waals surface area contributed by atoms with E-state index in [1.165, 1.54) is 0 Å². The van der Waals surface area contributed by atoms with E-state index in [0.29, 0.717) is 11.3 Å². The molecule has 0 aliphatic carbocycles. The zero-order valence-electron chi connectivity index (χ0n) is 12.2. The molecule has 0 fully saturated rings. The minimum Gasteiger partial charge on any atom is -0.495 e. The molecule has 2 aromatic carbocycles. The largest absolute Gasteiger partial charge is 0.495 e. The van der Waals surface area contributed by atoms with Crippen LogP contribution in [0.2, 0.25) is 0 Å². The number of carbonyl (C=O) groups is 1. The zero-order chi connectivity index (χ0) is 16.4. The molecule has 0 spiro atoms. The number of hydrogen-bond donors (Lipinski definition) is 0. The number of esters is 1. The fourth-order valence-corrected chi connectivity index (χ4v) is 4.41. The molecule has 1 aliphatic heterocycles. The van der Waals surface area contributed by atoms with Crippen molar-refractivity contribution in [2.75, 3.05) is 7.11 Å². The van der Waals surface area contributed by atoms with Crippen LogP contribution in [0.25, 0.3) is 11.8 Å². The third-order valence-corrected chi connectivity index (χ3v) is 4.76. The predicted molar refractivity (Wildman–Crippen MR) is 107 cm³/mol. The Bertz CT molecular complexity index is 824. The third kappa shape index (κ3) is 3.60. The van der Waals surface area contributed by atoms with E-state index in [2.05, 4.69) is 45.2 Å². The fraction of sp³-hybridized carbons (Fsp3) is 0.0556. The summed E-state index contributed by atoms with van der Waals surface area (Å²) in [6.45, 7) is 0. The van der Waals surface area contributed by atoms with Gasteiger partial charge in [-0.15, -0.1) is 0 Å². The van der Waals surface area contributed by atoms with Crippen molar-refractivity contribution < 1.29 is 14.3 Å². The van der Waals surface area contributed by atoms with Crippen LogP contribution in [0.3, 0.4) is 0 Å². The van der Waals surface area contributed by atoms with Crippen LogP contribution in [0, 0.1) is 7.14 Å². The first-order valence-electron chi connectivity index (χ1n) is 6.82. The highest BCUT2D eigenvalue weighted by Gasteiger charge is 2.22. The average Bonchev–Trinajstić information content (AvgIpc) is 2.89. The fourth-order valence-electron chi connectivity index (χ4n) is 2.30. The van der Waals surface area contributed by atoms with E-state index >= 15 is 0 Å². The van der Waals surface area contributed by atoms with Gasteiger partial charge in [0.1, 0.15) is 11.5 Å². The van der Waals surface area contributed by atoms with Crippen LogP contribution in [0.5, 0.6) is 5.75 Å². The molecule has 116 valence electrons.